The number of hydrogen-bond donors (Lipinski definition) is 2. The highest BCUT2D eigenvalue weighted by Gasteiger charge is 2.35. The topological polar surface area (TPSA) is 109 Å². The SMILES string of the molecule is CCC(C)(C)NC(=O)[C@H](C(C)C)N(Cc1ccco1)C(=O)CNS(=O)(=O)c1ccc(Cl)cc1. The fourth-order valence-electron chi connectivity index (χ4n) is 3.17. The zero-order valence-corrected chi connectivity index (χ0v) is 21.2. The molecule has 2 N–H and O–H groups in total. The molecule has 0 saturated carbocycles. The molecule has 1 aromatic heterocycles. The van der Waals surface area contributed by atoms with Crippen molar-refractivity contribution in [1.29, 1.82) is 0 Å². The van der Waals surface area contributed by atoms with E-state index in [0.29, 0.717) is 17.2 Å². The molecule has 0 aliphatic carbocycles. The Morgan fingerprint density at radius 3 is 2.30 bits per heavy atom. The molecule has 10 heteroatoms. The van der Waals surface area contributed by atoms with E-state index in [-0.39, 0.29) is 23.3 Å². The summed E-state index contributed by atoms with van der Waals surface area (Å²) in [5.41, 5.74) is -0.459. The van der Waals surface area contributed by atoms with Gasteiger partial charge in [0.25, 0.3) is 0 Å². The molecule has 33 heavy (non-hydrogen) atoms. The van der Waals surface area contributed by atoms with Crippen LogP contribution in [0.15, 0.2) is 52.0 Å². The molecule has 2 rings (SSSR count). The van der Waals surface area contributed by atoms with Gasteiger partial charge in [0.05, 0.1) is 24.2 Å². The Labute approximate surface area is 200 Å². The van der Waals surface area contributed by atoms with Gasteiger partial charge in [0.2, 0.25) is 21.8 Å². The van der Waals surface area contributed by atoms with Crippen LogP contribution in [0.4, 0.5) is 0 Å². The second kappa shape index (κ2) is 11.2. The first-order chi connectivity index (χ1) is 15.4. The Morgan fingerprint density at radius 1 is 1.15 bits per heavy atom. The summed E-state index contributed by atoms with van der Waals surface area (Å²) in [6, 6.07) is 8.18. The normalized spacial score (nSPS) is 13.1. The van der Waals surface area contributed by atoms with E-state index in [0.717, 1.165) is 0 Å². The smallest absolute Gasteiger partial charge is 0.243 e. The Kier molecular flexibility index (Phi) is 9.11. The van der Waals surface area contributed by atoms with Crippen LogP contribution in [-0.2, 0) is 26.2 Å². The van der Waals surface area contributed by atoms with Gasteiger partial charge in [0.1, 0.15) is 11.8 Å². The van der Waals surface area contributed by atoms with Crippen LogP contribution in [0.3, 0.4) is 0 Å². The van der Waals surface area contributed by atoms with Gasteiger partial charge in [-0.25, -0.2) is 13.1 Å². The Morgan fingerprint density at radius 2 is 1.79 bits per heavy atom. The molecule has 2 aromatic rings. The number of benzene rings is 1. The van der Waals surface area contributed by atoms with Crippen molar-refractivity contribution in [3.63, 3.8) is 0 Å². The van der Waals surface area contributed by atoms with Crippen LogP contribution in [0, 0.1) is 5.92 Å². The monoisotopic (exact) mass is 497 g/mol. The van der Waals surface area contributed by atoms with E-state index in [4.69, 9.17) is 16.0 Å². The quantitative estimate of drug-likeness (QED) is 0.493. The van der Waals surface area contributed by atoms with Crippen molar-refractivity contribution in [2.75, 3.05) is 6.54 Å². The molecule has 1 atom stereocenters. The number of carbonyl (C=O) groups excluding carboxylic acids is 2. The lowest BCUT2D eigenvalue weighted by Crippen LogP contribution is -2.57. The summed E-state index contributed by atoms with van der Waals surface area (Å²) >= 11 is 5.83. The zero-order chi connectivity index (χ0) is 24.8. The van der Waals surface area contributed by atoms with Crippen LogP contribution in [0.5, 0.6) is 0 Å². The molecule has 0 radical (unpaired) electrons. The van der Waals surface area contributed by atoms with Gasteiger partial charge >= 0.3 is 0 Å². The summed E-state index contributed by atoms with van der Waals surface area (Å²) in [5, 5.41) is 3.39. The van der Waals surface area contributed by atoms with Crippen LogP contribution >= 0.6 is 11.6 Å². The molecule has 1 heterocycles. The van der Waals surface area contributed by atoms with Crippen molar-refractivity contribution in [2.45, 2.75) is 64.1 Å². The Hall–Kier alpha value is -2.36. The van der Waals surface area contributed by atoms with Gasteiger partial charge in [-0.15, -0.1) is 0 Å². The molecule has 182 valence electrons. The van der Waals surface area contributed by atoms with Crippen molar-refractivity contribution in [1.82, 2.24) is 14.9 Å². The van der Waals surface area contributed by atoms with Crippen molar-refractivity contribution in [3.8, 4) is 0 Å². The van der Waals surface area contributed by atoms with Crippen molar-refractivity contribution < 1.29 is 22.4 Å². The van der Waals surface area contributed by atoms with Crippen LogP contribution < -0.4 is 10.0 Å². The van der Waals surface area contributed by atoms with Gasteiger partial charge in [-0.3, -0.25) is 9.59 Å². The maximum atomic E-state index is 13.2. The number of nitrogens with zero attached hydrogens (tertiary/aromatic N) is 1. The molecule has 2 amide bonds. The molecule has 8 nitrogen and oxygen atoms in total. The van der Waals surface area contributed by atoms with E-state index in [1.165, 1.54) is 35.4 Å². The van der Waals surface area contributed by atoms with E-state index < -0.39 is 34.1 Å². The minimum absolute atomic E-state index is 0.0138. The average molecular weight is 498 g/mol. The van der Waals surface area contributed by atoms with E-state index in [2.05, 4.69) is 10.0 Å². The molecule has 0 spiro atoms. The molecule has 0 unspecified atom stereocenters. The third-order valence-electron chi connectivity index (χ3n) is 5.35. The predicted octanol–water partition coefficient (Wildman–Crippen LogP) is 3.57. The van der Waals surface area contributed by atoms with Gasteiger partial charge in [-0.05, 0) is 62.6 Å². The Balaban J connectivity index is 2.28. The van der Waals surface area contributed by atoms with E-state index in [1.807, 2.05) is 34.6 Å². The van der Waals surface area contributed by atoms with E-state index >= 15 is 0 Å². The molecule has 0 fully saturated rings. The number of rotatable bonds is 11. The number of nitrogens with one attached hydrogen (secondary N) is 2. The largest absolute Gasteiger partial charge is 0.467 e. The summed E-state index contributed by atoms with van der Waals surface area (Å²) in [4.78, 5) is 27.8. The Bertz CT molecular complexity index is 1030. The minimum Gasteiger partial charge on any atom is -0.467 e. The summed E-state index contributed by atoms with van der Waals surface area (Å²) in [6.45, 7) is 8.95. The van der Waals surface area contributed by atoms with Gasteiger partial charge in [0.15, 0.2) is 0 Å². The fraction of sp³-hybridized carbons (Fsp3) is 0.478. The lowest BCUT2D eigenvalue weighted by Gasteiger charge is -2.36. The standard InChI is InChI=1S/C23H32ClN3O5S/c1-6-23(4,5)26-22(29)21(16(2)3)27(15-18-8-7-13-32-18)20(28)14-25-33(30,31)19-11-9-17(24)10-12-19/h7-13,16,21,25H,6,14-15H2,1-5H3,(H,26,29)/t21-/m0/s1. The number of amides is 2. The molecule has 0 saturated heterocycles. The fourth-order valence-corrected chi connectivity index (χ4v) is 4.27. The number of furan rings is 1. The summed E-state index contributed by atoms with van der Waals surface area (Å²) < 4.78 is 33.0. The summed E-state index contributed by atoms with van der Waals surface area (Å²) in [5.74, 6) is -0.606. The van der Waals surface area contributed by atoms with Crippen molar-refractivity contribution in [2.24, 2.45) is 5.92 Å². The first kappa shape index (κ1) is 26.9. The first-order valence-electron chi connectivity index (χ1n) is 10.8. The lowest BCUT2D eigenvalue weighted by atomic mass is 9.97. The number of halogens is 1. The maximum Gasteiger partial charge on any atom is 0.243 e. The maximum absolute atomic E-state index is 13.2. The van der Waals surface area contributed by atoms with Crippen LogP contribution in [0.1, 0.15) is 46.8 Å². The van der Waals surface area contributed by atoms with Gasteiger partial charge < -0.3 is 14.6 Å². The number of carbonyl (C=O) groups is 2. The first-order valence-corrected chi connectivity index (χ1v) is 12.6. The van der Waals surface area contributed by atoms with Crippen LogP contribution in [0.25, 0.3) is 0 Å². The number of sulfonamides is 1. The third-order valence-corrected chi connectivity index (χ3v) is 7.01. The van der Waals surface area contributed by atoms with Gasteiger partial charge in [-0.2, -0.15) is 0 Å². The summed E-state index contributed by atoms with van der Waals surface area (Å²) in [7, 11) is -3.95. The third kappa shape index (κ3) is 7.58. The summed E-state index contributed by atoms with van der Waals surface area (Å²) in [6.07, 6.45) is 2.18. The van der Waals surface area contributed by atoms with Crippen LogP contribution in [0.2, 0.25) is 5.02 Å². The number of hydrogen-bond acceptors (Lipinski definition) is 5. The minimum atomic E-state index is -3.95. The highest BCUT2D eigenvalue weighted by Crippen LogP contribution is 2.19. The predicted molar refractivity (Wildman–Crippen MR) is 127 cm³/mol. The molecule has 0 aliphatic heterocycles. The highest BCUT2D eigenvalue weighted by atomic mass is 35.5. The zero-order valence-electron chi connectivity index (χ0n) is 19.6. The van der Waals surface area contributed by atoms with Gasteiger partial charge in [0, 0.05) is 10.6 Å². The lowest BCUT2D eigenvalue weighted by molar-refractivity contribution is -0.143. The molecular formula is C23H32ClN3O5S. The van der Waals surface area contributed by atoms with E-state index in [1.54, 1.807) is 12.1 Å². The molecule has 0 bridgehead atoms. The average Bonchev–Trinajstić information content (AvgIpc) is 3.24. The van der Waals surface area contributed by atoms with Crippen molar-refractivity contribution in [3.05, 3.63) is 53.4 Å². The second-order valence-corrected chi connectivity index (χ2v) is 11.0. The molecular weight excluding hydrogens is 466 g/mol. The second-order valence-electron chi connectivity index (χ2n) is 8.80. The molecule has 0 aliphatic rings. The molecule has 1 aromatic carbocycles. The highest BCUT2D eigenvalue weighted by molar-refractivity contribution is 7.89. The van der Waals surface area contributed by atoms with Crippen molar-refractivity contribution >= 4 is 33.4 Å². The van der Waals surface area contributed by atoms with Gasteiger partial charge in [-0.1, -0.05) is 32.4 Å². The van der Waals surface area contributed by atoms with Crippen LogP contribution in [-0.4, -0.2) is 43.3 Å². The van der Waals surface area contributed by atoms with E-state index in [9.17, 15) is 18.0 Å².